The molecule has 0 aliphatic carbocycles. The van der Waals surface area contributed by atoms with Crippen LogP contribution in [0.3, 0.4) is 0 Å². The molecule has 146 valence electrons. The van der Waals surface area contributed by atoms with Gasteiger partial charge in [-0.25, -0.2) is 4.98 Å². The molecule has 0 aliphatic heterocycles. The molecule has 0 bridgehead atoms. The van der Waals surface area contributed by atoms with Gasteiger partial charge in [0.05, 0.1) is 19.9 Å². The molecule has 0 saturated heterocycles. The molecule has 0 amide bonds. The van der Waals surface area contributed by atoms with Crippen molar-refractivity contribution in [2.45, 2.75) is 13.3 Å². The Balaban J connectivity index is 1.70. The number of ether oxygens (including phenoxy) is 2. The highest BCUT2D eigenvalue weighted by atomic mass is 35.5. The van der Waals surface area contributed by atoms with Gasteiger partial charge in [-0.15, -0.1) is 0 Å². The molecule has 0 spiro atoms. The molecule has 3 rings (SSSR count). The number of hydrogen-bond acceptors (Lipinski definition) is 6. The fraction of sp³-hybridized carbons (Fsp3) is 0.238. The Morgan fingerprint density at radius 3 is 2.46 bits per heavy atom. The van der Waals surface area contributed by atoms with E-state index in [1.165, 1.54) is 5.56 Å². The van der Waals surface area contributed by atoms with E-state index >= 15 is 0 Å². The molecule has 0 unspecified atom stereocenters. The van der Waals surface area contributed by atoms with E-state index in [-0.39, 0.29) is 0 Å². The van der Waals surface area contributed by atoms with Crippen molar-refractivity contribution < 1.29 is 9.47 Å². The Hall–Kier alpha value is -2.99. The third kappa shape index (κ3) is 5.27. The summed E-state index contributed by atoms with van der Waals surface area (Å²) in [4.78, 5) is 9.02. The molecule has 7 heteroatoms. The highest BCUT2D eigenvalue weighted by molar-refractivity contribution is 6.30. The monoisotopic (exact) mass is 398 g/mol. The van der Waals surface area contributed by atoms with E-state index in [2.05, 4.69) is 20.6 Å². The molecule has 0 saturated carbocycles. The minimum atomic E-state index is 0.487. The summed E-state index contributed by atoms with van der Waals surface area (Å²) in [6.45, 7) is 2.68. The van der Waals surface area contributed by atoms with E-state index in [1.54, 1.807) is 14.2 Å². The molecular weight excluding hydrogens is 376 g/mol. The van der Waals surface area contributed by atoms with Gasteiger partial charge in [0.15, 0.2) is 0 Å². The average Bonchev–Trinajstić information content (AvgIpc) is 2.69. The zero-order valence-electron chi connectivity index (χ0n) is 16.1. The number of halogens is 1. The summed E-state index contributed by atoms with van der Waals surface area (Å²) in [5.41, 5.74) is 2.80. The molecule has 1 aromatic heterocycles. The van der Waals surface area contributed by atoms with Gasteiger partial charge in [-0.05, 0) is 43.2 Å². The van der Waals surface area contributed by atoms with Crippen molar-refractivity contribution in [3.8, 4) is 11.5 Å². The number of hydrogen-bond donors (Lipinski definition) is 2. The summed E-state index contributed by atoms with van der Waals surface area (Å²) in [5, 5.41) is 7.30. The molecule has 6 nitrogen and oxygen atoms in total. The van der Waals surface area contributed by atoms with Gasteiger partial charge in [0.1, 0.15) is 17.3 Å². The summed E-state index contributed by atoms with van der Waals surface area (Å²) in [6, 6.07) is 15.3. The number of rotatable bonds is 8. The predicted molar refractivity (Wildman–Crippen MR) is 113 cm³/mol. The third-order valence-corrected chi connectivity index (χ3v) is 4.39. The van der Waals surface area contributed by atoms with Gasteiger partial charge in [-0.2, -0.15) is 4.98 Å². The third-order valence-electron chi connectivity index (χ3n) is 4.14. The van der Waals surface area contributed by atoms with E-state index in [0.29, 0.717) is 11.7 Å². The van der Waals surface area contributed by atoms with Crippen molar-refractivity contribution in [1.82, 2.24) is 9.97 Å². The number of nitrogens with one attached hydrogen (secondary N) is 2. The van der Waals surface area contributed by atoms with Crippen LogP contribution in [-0.4, -0.2) is 30.7 Å². The van der Waals surface area contributed by atoms with E-state index in [9.17, 15) is 0 Å². The van der Waals surface area contributed by atoms with Crippen LogP contribution in [0.1, 0.15) is 11.3 Å². The lowest BCUT2D eigenvalue weighted by Gasteiger charge is -2.13. The molecule has 0 atom stereocenters. The highest BCUT2D eigenvalue weighted by Crippen LogP contribution is 2.30. The van der Waals surface area contributed by atoms with Gasteiger partial charge in [0.2, 0.25) is 5.95 Å². The zero-order chi connectivity index (χ0) is 19.9. The molecular formula is C21H23ClN4O2. The molecule has 0 radical (unpaired) electrons. The van der Waals surface area contributed by atoms with E-state index < -0.39 is 0 Å². The number of benzene rings is 2. The number of aryl methyl sites for hydroxylation is 1. The average molecular weight is 399 g/mol. The van der Waals surface area contributed by atoms with Crippen molar-refractivity contribution in [3.05, 3.63) is 64.8 Å². The lowest BCUT2D eigenvalue weighted by Crippen LogP contribution is -2.09. The number of methoxy groups -OCH3 is 2. The SMILES string of the molecule is COc1ccc(OC)c(Nc2nc(C)cc(NCCc3ccc(Cl)cc3)n2)c1. The molecule has 2 N–H and O–H groups in total. The second kappa shape index (κ2) is 9.28. The fourth-order valence-electron chi connectivity index (χ4n) is 2.73. The lowest BCUT2D eigenvalue weighted by molar-refractivity contribution is 0.405. The largest absolute Gasteiger partial charge is 0.497 e. The normalized spacial score (nSPS) is 10.4. The summed E-state index contributed by atoms with van der Waals surface area (Å²) in [5.74, 6) is 2.65. The van der Waals surface area contributed by atoms with Crippen molar-refractivity contribution in [2.24, 2.45) is 0 Å². The van der Waals surface area contributed by atoms with Gasteiger partial charge < -0.3 is 20.1 Å². The van der Waals surface area contributed by atoms with Crippen LogP contribution in [0, 0.1) is 6.92 Å². The van der Waals surface area contributed by atoms with Crippen molar-refractivity contribution in [3.63, 3.8) is 0 Å². The number of aromatic nitrogens is 2. The van der Waals surface area contributed by atoms with Crippen LogP contribution < -0.4 is 20.1 Å². The van der Waals surface area contributed by atoms with E-state index in [0.717, 1.165) is 40.9 Å². The molecule has 1 heterocycles. The highest BCUT2D eigenvalue weighted by Gasteiger charge is 2.09. The minimum Gasteiger partial charge on any atom is -0.497 e. The van der Waals surface area contributed by atoms with Gasteiger partial charge in [-0.1, -0.05) is 23.7 Å². The molecule has 0 fully saturated rings. The first-order chi connectivity index (χ1) is 13.6. The quantitative estimate of drug-likeness (QED) is 0.565. The van der Waals surface area contributed by atoms with Gasteiger partial charge in [0.25, 0.3) is 0 Å². The first-order valence-electron chi connectivity index (χ1n) is 8.90. The summed E-state index contributed by atoms with van der Waals surface area (Å²) in [7, 11) is 3.24. The molecule has 28 heavy (non-hydrogen) atoms. The van der Waals surface area contributed by atoms with Gasteiger partial charge in [0, 0.05) is 29.4 Å². The predicted octanol–water partition coefficient (Wildman–Crippen LogP) is 4.85. The maximum atomic E-state index is 5.93. The number of nitrogens with zero attached hydrogens (tertiary/aromatic N) is 2. The topological polar surface area (TPSA) is 68.3 Å². The van der Waals surface area contributed by atoms with E-state index in [4.69, 9.17) is 21.1 Å². The first-order valence-corrected chi connectivity index (χ1v) is 9.28. The first kappa shape index (κ1) is 19.8. The maximum Gasteiger partial charge on any atom is 0.229 e. The fourth-order valence-corrected chi connectivity index (χ4v) is 2.86. The van der Waals surface area contributed by atoms with E-state index in [1.807, 2.05) is 55.5 Å². The standard InChI is InChI=1S/C21H23ClN4O2/c1-14-12-20(23-11-10-15-4-6-16(22)7-5-15)26-21(24-14)25-18-13-17(27-2)8-9-19(18)28-3/h4-9,12-13H,10-11H2,1-3H3,(H2,23,24,25,26). The van der Waals surface area contributed by atoms with Crippen LogP contribution in [0.5, 0.6) is 11.5 Å². The zero-order valence-corrected chi connectivity index (χ0v) is 16.9. The Morgan fingerprint density at radius 2 is 1.75 bits per heavy atom. The Morgan fingerprint density at radius 1 is 0.964 bits per heavy atom. The van der Waals surface area contributed by atoms with Crippen LogP contribution in [0.4, 0.5) is 17.5 Å². The summed E-state index contributed by atoms with van der Waals surface area (Å²) in [6.07, 6.45) is 0.868. The second-order valence-electron chi connectivity index (χ2n) is 6.21. The molecule has 0 aliphatic rings. The Kier molecular flexibility index (Phi) is 6.55. The number of anilines is 3. The van der Waals surface area contributed by atoms with Crippen molar-refractivity contribution in [2.75, 3.05) is 31.4 Å². The van der Waals surface area contributed by atoms with Crippen LogP contribution >= 0.6 is 11.6 Å². The van der Waals surface area contributed by atoms with Gasteiger partial charge in [-0.3, -0.25) is 0 Å². The Labute approximate surface area is 169 Å². The smallest absolute Gasteiger partial charge is 0.229 e. The van der Waals surface area contributed by atoms with Gasteiger partial charge >= 0.3 is 0 Å². The van der Waals surface area contributed by atoms with Crippen molar-refractivity contribution >= 4 is 29.1 Å². The summed E-state index contributed by atoms with van der Waals surface area (Å²) < 4.78 is 10.7. The minimum absolute atomic E-state index is 0.487. The molecule has 3 aromatic rings. The van der Waals surface area contributed by atoms with Crippen LogP contribution in [-0.2, 0) is 6.42 Å². The summed E-state index contributed by atoms with van der Waals surface area (Å²) >= 11 is 5.93. The maximum absolute atomic E-state index is 5.93. The molecule has 2 aromatic carbocycles. The van der Waals surface area contributed by atoms with Crippen LogP contribution in [0.15, 0.2) is 48.5 Å². The van der Waals surface area contributed by atoms with Crippen LogP contribution in [0.25, 0.3) is 0 Å². The van der Waals surface area contributed by atoms with Crippen molar-refractivity contribution in [1.29, 1.82) is 0 Å². The Bertz CT molecular complexity index is 932. The van der Waals surface area contributed by atoms with Crippen LogP contribution in [0.2, 0.25) is 5.02 Å². The second-order valence-corrected chi connectivity index (χ2v) is 6.65. The lowest BCUT2D eigenvalue weighted by atomic mass is 10.1.